The van der Waals surface area contributed by atoms with Crippen LogP contribution in [0.1, 0.15) is 33.3 Å². The van der Waals surface area contributed by atoms with Crippen LogP contribution < -0.4 is 4.74 Å². The van der Waals surface area contributed by atoms with Gasteiger partial charge in [-0.2, -0.15) is 0 Å². The van der Waals surface area contributed by atoms with Gasteiger partial charge in [-0.1, -0.05) is 39.8 Å². The lowest BCUT2D eigenvalue weighted by Gasteiger charge is -2.18. The largest absolute Gasteiger partial charge is 0.457 e. The van der Waals surface area contributed by atoms with Gasteiger partial charge in [0.2, 0.25) is 0 Å². The molecular weight excluding hydrogens is 372 g/mol. The molecule has 1 saturated carbocycles. The third-order valence-corrected chi connectivity index (χ3v) is 6.77. The number of benzene rings is 2. The van der Waals surface area contributed by atoms with Crippen molar-refractivity contribution in [1.82, 2.24) is 0 Å². The number of non-ortho nitro benzene ring substituents is 1. The van der Waals surface area contributed by atoms with E-state index in [1.165, 1.54) is 30.5 Å². The van der Waals surface area contributed by atoms with E-state index in [1.807, 2.05) is 45.9 Å². The van der Waals surface area contributed by atoms with Crippen molar-refractivity contribution in [2.75, 3.05) is 0 Å². The minimum atomic E-state index is -0.818. The first-order valence-electron chi connectivity index (χ1n) is 9.18. The van der Waals surface area contributed by atoms with E-state index in [9.17, 15) is 14.9 Å². The SMILES string of the molecule is CC1(C)C(C)(C)C1(Cc1cccc(Oc2ccc([N+](=O)[O-])cc2)c1)C(=O)OC#N. The number of hydrogen-bond donors (Lipinski definition) is 0. The van der Waals surface area contributed by atoms with Crippen molar-refractivity contribution in [3.05, 3.63) is 64.2 Å². The molecule has 7 heteroatoms. The van der Waals surface area contributed by atoms with Gasteiger partial charge in [-0.15, -0.1) is 5.26 Å². The number of nitro benzene ring substituents is 1. The van der Waals surface area contributed by atoms with Crippen molar-refractivity contribution in [1.29, 1.82) is 5.26 Å². The average Bonchev–Trinajstić information content (AvgIpc) is 3.01. The first kappa shape index (κ1) is 20.3. The summed E-state index contributed by atoms with van der Waals surface area (Å²) in [4.78, 5) is 23.0. The van der Waals surface area contributed by atoms with Crippen LogP contribution in [0, 0.1) is 37.9 Å². The Hall–Kier alpha value is -3.40. The molecule has 0 spiro atoms. The molecule has 0 saturated heterocycles. The zero-order valence-electron chi connectivity index (χ0n) is 16.8. The smallest absolute Gasteiger partial charge is 0.329 e. The Morgan fingerprint density at radius 2 is 1.69 bits per heavy atom. The van der Waals surface area contributed by atoms with Crippen LogP contribution in [-0.2, 0) is 16.0 Å². The molecule has 0 radical (unpaired) electrons. The van der Waals surface area contributed by atoms with Gasteiger partial charge < -0.3 is 9.47 Å². The lowest BCUT2D eigenvalue weighted by atomic mass is 9.87. The molecule has 0 unspecified atom stereocenters. The summed E-state index contributed by atoms with van der Waals surface area (Å²) in [5.41, 5.74) is -0.645. The Bertz CT molecular complexity index is 989. The predicted molar refractivity (Wildman–Crippen MR) is 105 cm³/mol. The van der Waals surface area contributed by atoms with Crippen LogP contribution in [0.3, 0.4) is 0 Å². The fraction of sp³-hybridized carbons (Fsp3) is 0.364. The molecule has 150 valence electrons. The number of nitriles is 1. The highest BCUT2D eigenvalue weighted by molar-refractivity contribution is 5.85. The van der Waals surface area contributed by atoms with Crippen LogP contribution in [0.15, 0.2) is 48.5 Å². The summed E-state index contributed by atoms with van der Waals surface area (Å²) >= 11 is 0. The van der Waals surface area contributed by atoms with Crippen molar-refractivity contribution in [3.8, 4) is 17.8 Å². The van der Waals surface area contributed by atoms with Gasteiger partial charge in [-0.05, 0) is 47.1 Å². The lowest BCUT2D eigenvalue weighted by Crippen LogP contribution is -2.27. The minimum absolute atomic E-state index is 0.0118. The molecule has 3 rings (SSSR count). The van der Waals surface area contributed by atoms with Crippen molar-refractivity contribution in [3.63, 3.8) is 0 Å². The quantitative estimate of drug-likeness (QED) is 0.295. The normalized spacial score (nSPS) is 17.6. The van der Waals surface area contributed by atoms with E-state index in [-0.39, 0.29) is 16.5 Å². The molecule has 2 aromatic carbocycles. The van der Waals surface area contributed by atoms with Crippen LogP contribution in [0.25, 0.3) is 0 Å². The molecule has 0 amide bonds. The van der Waals surface area contributed by atoms with Gasteiger partial charge in [-0.25, -0.2) is 0 Å². The Morgan fingerprint density at radius 3 is 2.21 bits per heavy atom. The zero-order valence-corrected chi connectivity index (χ0v) is 16.8. The van der Waals surface area contributed by atoms with Crippen LogP contribution in [-0.4, -0.2) is 10.9 Å². The number of esters is 1. The van der Waals surface area contributed by atoms with E-state index in [1.54, 1.807) is 6.07 Å². The van der Waals surface area contributed by atoms with Gasteiger partial charge >= 0.3 is 5.97 Å². The van der Waals surface area contributed by atoms with Gasteiger partial charge in [-0.3, -0.25) is 14.9 Å². The maximum atomic E-state index is 12.7. The number of nitro groups is 1. The number of ether oxygens (including phenoxy) is 2. The maximum Gasteiger partial charge on any atom is 0.329 e. The minimum Gasteiger partial charge on any atom is -0.457 e. The molecule has 0 bridgehead atoms. The molecular formula is C22H22N2O5. The summed E-state index contributed by atoms with van der Waals surface area (Å²) in [7, 11) is 0. The number of rotatable bonds is 6. The maximum absolute atomic E-state index is 12.7. The van der Waals surface area contributed by atoms with E-state index < -0.39 is 16.3 Å². The molecule has 0 aliphatic heterocycles. The molecule has 1 aliphatic rings. The highest BCUT2D eigenvalue weighted by Gasteiger charge is 2.81. The molecule has 0 aromatic heterocycles. The third kappa shape index (κ3) is 3.11. The molecule has 0 heterocycles. The second-order valence-corrected chi connectivity index (χ2v) is 8.31. The van der Waals surface area contributed by atoms with Gasteiger partial charge in [0.05, 0.1) is 10.3 Å². The van der Waals surface area contributed by atoms with Crippen molar-refractivity contribution in [2.45, 2.75) is 34.1 Å². The van der Waals surface area contributed by atoms with Crippen molar-refractivity contribution < 1.29 is 19.2 Å². The number of nitrogens with zero attached hydrogens (tertiary/aromatic N) is 2. The fourth-order valence-corrected chi connectivity index (χ4v) is 4.38. The van der Waals surface area contributed by atoms with Crippen LogP contribution >= 0.6 is 0 Å². The number of hydrogen-bond acceptors (Lipinski definition) is 6. The standard InChI is InChI=1S/C22H22N2O5/c1-20(2)21(3,4)22(20,19(25)28-14-23)13-15-6-5-7-18(12-15)29-17-10-8-16(9-11-17)24(26)27/h5-12H,13H2,1-4H3. The molecule has 2 aromatic rings. The second-order valence-electron chi connectivity index (χ2n) is 8.31. The van der Waals surface area contributed by atoms with Crippen molar-refractivity contribution >= 4 is 11.7 Å². The first-order valence-corrected chi connectivity index (χ1v) is 9.18. The molecule has 0 atom stereocenters. The van der Waals surface area contributed by atoms with Crippen LogP contribution in [0.5, 0.6) is 11.5 Å². The van der Waals surface area contributed by atoms with E-state index in [2.05, 4.69) is 0 Å². The van der Waals surface area contributed by atoms with Crippen LogP contribution in [0.4, 0.5) is 5.69 Å². The lowest BCUT2D eigenvalue weighted by molar-refractivity contribution is -0.384. The first-order chi connectivity index (χ1) is 13.6. The summed E-state index contributed by atoms with van der Waals surface area (Å²) in [6, 6.07) is 13.1. The van der Waals surface area contributed by atoms with E-state index in [4.69, 9.17) is 14.7 Å². The topological polar surface area (TPSA) is 102 Å². The van der Waals surface area contributed by atoms with E-state index in [0.29, 0.717) is 17.9 Å². The van der Waals surface area contributed by atoms with E-state index >= 15 is 0 Å². The van der Waals surface area contributed by atoms with Gasteiger partial charge in [0, 0.05) is 12.1 Å². The second kappa shape index (κ2) is 6.89. The van der Waals surface area contributed by atoms with Crippen LogP contribution in [0.2, 0.25) is 0 Å². The monoisotopic (exact) mass is 394 g/mol. The summed E-state index contributed by atoms with van der Waals surface area (Å²) in [6.45, 7) is 8.01. The van der Waals surface area contributed by atoms with E-state index in [0.717, 1.165) is 5.56 Å². The summed E-state index contributed by atoms with van der Waals surface area (Å²) in [5, 5.41) is 19.6. The molecule has 0 N–H and O–H groups in total. The molecule has 7 nitrogen and oxygen atoms in total. The predicted octanol–water partition coefficient (Wildman–Crippen LogP) is 5.01. The highest BCUT2D eigenvalue weighted by atomic mass is 16.6. The molecule has 29 heavy (non-hydrogen) atoms. The van der Waals surface area contributed by atoms with Gasteiger partial charge in [0.25, 0.3) is 11.9 Å². The van der Waals surface area contributed by atoms with Gasteiger partial charge in [0.15, 0.2) is 0 Å². The summed E-state index contributed by atoms with van der Waals surface area (Å²) in [6.07, 6.45) is 1.92. The summed E-state index contributed by atoms with van der Waals surface area (Å²) in [5.74, 6) is 0.506. The number of carbonyl (C=O) groups is 1. The highest BCUT2D eigenvalue weighted by Crippen LogP contribution is 2.79. The van der Waals surface area contributed by atoms with Crippen molar-refractivity contribution in [2.24, 2.45) is 16.2 Å². The molecule has 1 fully saturated rings. The zero-order chi connectivity index (χ0) is 21.4. The third-order valence-electron chi connectivity index (χ3n) is 6.77. The Kier molecular flexibility index (Phi) is 4.83. The Balaban J connectivity index is 1.85. The summed E-state index contributed by atoms with van der Waals surface area (Å²) < 4.78 is 10.6. The molecule has 1 aliphatic carbocycles. The average molecular weight is 394 g/mol. The Labute approximate surface area is 169 Å². The number of carbonyl (C=O) groups excluding carboxylic acids is 1. The van der Waals surface area contributed by atoms with Gasteiger partial charge in [0.1, 0.15) is 11.5 Å². The fourth-order valence-electron chi connectivity index (χ4n) is 4.38. The Morgan fingerprint density at radius 1 is 1.07 bits per heavy atom.